The van der Waals surface area contributed by atoms with Gasteiger partial charge in [0.05, 0.1) is 22.6 Å². The van der Waals surface area contributed by atoms with Crippen molar-refractivity contribution in [1.29, 1.82) is 5.26 Å². The lowest BCUT2D eigenvalue weighted by molar-refractivity contribution is -0.385. The maximum atomic E-state index is 12.4. The highest BCUT2D eigenvalue weighted by Gasteiger charge is 2.23. The zero-order valence-electron chi connectivity index (χ0n) is 12.7. The van der Waals surface area contributed by atoms with Crippen LogP contribution in [0.5, 0.6) is 0 Å². The van der Waals surface area contributed by atoms with Crippen molar-refractivity contribution in [2.75, 3.05) is 0 Å². The summed E-state index contributed by atoms with van der Waals surface area (Å²) in [7, 11) is 0. The first-order valence-electron chi connectivity index (χ1n) is 6.99. The zero-order chi connectivity index (χ0) is 17.0. The van der Waals surface area contributed by atoms with Crippen molar-refractivity contribution in [1.82, 2.24) is 5.32 Å². The SMILES string of the molecule is Cc1cccc([N+](=O)[O-])c1C(=O)NC(C)c1cccc(C#N)c1. The van der Waals surface area contributed by atoms with Gasteiger partial charge in [-0.1, -0.05) is 24.3 Å². The van der Waals surface area contributed by atoms with Crippen LogP contribution in [0.2, 0.25) is 0 Å². The molecule has 6 nitrogen and oxygen atoms in total. The van der Waals surface area contributed by atoms with E-state index in [0.717, 1.165) is 5.56 Å². The van der Waals surface area contributed by atoms with Crippen molar-refractivity contribution in [3.63, 3.8) is 0 Å². The third-order valence-corrected chi connectivity index (χ3v) is 3.54. The Labute approximate surface area is 133 Å². The molecule has 1 unspecified atom stereocenters. The molecule has 2 aromatic rings. The summed E-state index contributed by atoms with van der Waals surface area (Å²) in [5.41, 5.74) is 1.62. The number of nitro benzene ring substituents is 1. The highest BCUT2D eigenvalue weighted by molar-refractivity contribution is 5.99. The van der Waals surface area contributed by atoms with Crippen molar-refractivity contribution in [2.24, 2.45) is 0 Å². The molecule has 6 heteroatoms. The number of nitrogens with zero attached hydrogens (tertiary/aromatic N) is 2. The van der Waals surface area contributed by atoms with Gasteiger partial charge in [-0.15, -0.1) is 0 Å². The van der Waals surface area contributed by atoms with E-state index in [9.17, 15) is 14.9 Å². The van der Waals surface area contributed by atoms with Gasteiger partial charge in [-0.25, -0.2) is 0 Å². The van der Waals surface area contributed by atoms with E-state index in [1.165, 1.54) is 6.07 Å². The summed E-state index contributed by atoms with van der Waals surface area (Å²) in [6.45, 7) is 3.42. The van der Waals surface area contributed by atoms with Crippen molar-refractivity contribution >= 4 is 11.6 Å². The molecule has 2 rings (SSSR count). The lowest BCUT2D eigenvalue weighted by Crippen LogP contribution is -2.28. The molecule has 0 bridgehead atoms. The lowest BCUT2D eigenvalue weighted by atomic mass is 10.0. The highest BCUT2D eigenvalue weighted by atomic mass is 16.6. The first-order valence-corrected chi connectivity index (χ1v) is 6.99. The second-order valence-electron chi connectivity index (χ2n) is 5.16. The minimum Gasteiger partial charge on any atom is -0.345 e. The van der Waals surface area contributed by atoms with Crippen LogP contribution in [0.3, 0.4) is 0 Å². The molecule has 1 amide bonds. The third-order valence-electron chi connectivity index (χ3n) is 3.54. The number of nitro groups is 1. The van der Waals surface area contributed by atoms with Crippen molar-refractivity contribution in [2.45, 2.75) is 19.9 Å². The number of hydrogen-bond donors (Lipinski definition) is 1. The van der Waals surface area contributed by atoms with E-state index in [2.05, 4.69) is 5.32 Å². The van der Waals surface area contributed by atoms with Crippen LogP contribution in [-0.4, -0.2) is 10.8 Å². The zero-order valence-corrected chi connectivity index (χ0v) is 12.7. The van der Waals surface area contributed by atoms with Crippen LogP contribution in [0, 0.1) is 28.4 Å². The fourth-order valence-corrected chi connectivity index (χ4v) is 2.33. The molecule has 0 aliphatic carbocycles. The quantitative estimate of drug-likeness (QED) is 0.692. The van der Waals surface area contributed by atoms with Crippen LogP contribution >= 0.6 is 0 Å². The summed E-state index contributed by atoms with van der Waals surface area (Å²) in [5.74, 6) is -0.510. The first kappa shape index (κ1) is 16.2. The maximum absolute atomic E-state index is 12.4. The van der Waals surface area contributed by atoms with E-state index >= 15 is 0 Å². The van der Waals surface area contributed by atoms with E-state index < -0.39 is 10.8 Å². The van der Waals surface area contributed by atoms with Crippen LogP contribution in [-0.2, 0) is 0 Å². The van der Waals surface area contributed by atoms with E-state index in [-0.39, 0.29) is 17.3 Å². The summed E-state index contributed by atoms with van der Waals surface area (Å²) in [5, 5.41) is 22.8. The molecule has 1 atom stereocenters. The van der Waals surface area contributed by atoms with E-state index in [1.54, 1.807) is 50.2 Å². The minimum atomic E-state index is -0.567. The lowest BCUT2D eigenvalue weighted by Gasteiger charge is -2.15. The van der Waals surface area contributed by atoms with Crippen molar-refractivity contribution in [3.8, 4) is 6.07 Å². The predicted molar refractivity (Wildman–Crippen MR) is 84.9 cm³/mol. The normalized spacial score (nSPS) is 11.3. The Morgan fingerprint density at radius 2 is 2.00 bits per heavy atom. The summed E-state index contributed by atoms with van der Waals surface area (Å²) in [6, 6.07) is 13.0. The molecule has 2 aromatic carbocycles. The predicted octanol–water partition coefficient (Wildman–Crippen LogP) is 3.27. The molecule has 116 valence electrons. The number of rotatable bonds is 4. The van der Waals surface area contributed by atoms with Crippen LogP contribution in [0.1, 0.15) is 40.0 Å². The number of hydrogen-bond acceptors (Lipinski definition) is 4. The van der Waals surface area contributed by atoms with Crippen LogP contribution in [0.4, 0.5) is 5.69 Å². The van der Waals surface area contributed by atoms with Gasteiger partial charge in [-0.2, -0.15) is 5.26 Å². The van der Waals surface area contributed by atoms with Crippen molar-refractivity contribution < 1.29 is 9.72 Å². The van der Waals surface area contributed by atoms with Crippen LogP contribution < -0.4 is 5.32 Å². The highest BCUT2D eigenvalue weighted by Crippen LogP contribution is 2.23. The maximum Gasteiger partial charge on any atom is 0.282 e. The Balaban J connectivity index is 2.29. The smallest absolute Gasteiger partial charge is 0.282 e. The molecular weight excluding hydrogens is 294 g/mol. The largest absolute Gasteiger partial charge is 0.345 e. The Kier molecular flexibility index (Phi) is 4.72. The summed E-state index contributed by atoms with van der Waals surface area (Å²) in [4.78, 5) is 23.0. The molecule has 0 spiro atoms. The number of amides is 1. The van der Waals surface area contributed by atoms with E-state index in [1.807, 2.05) is 6.07 Å². The van der Waals surface area contributed by atoms with E-state index in [0.29, 0.717) is 11.1 Å². The van der Waals surface area contributed by atoms with Gasteiger partial charge in [0, 0.05) is 6.07 Å². The Morgan fingerprint density at radius 1 is 1.30 bits per heavy atom. The molecular formula is C17H15N3O3. The van der Waals surface area contributed by atoms with Gasteiger partial charge < -0.3 is 5.32 Å². The third kappa shape index (κ3) is 3.52. The van der Waals surface area contributed by atoms with Crippen molar-refractivity contribution in [3.05, 3.63) is 74.8 Å². The second kappa shape index (κ2) is 6.71. The van der Waals surface area contributed by atoms with Gasteiger partial charge in [0.2, 0.25) is 0 Å². The molecule has 1 N–H and O–H groups in total. The van der Waals surface area contributed by atoms with Gasteiger partial charge in [0.15, 0.2) is 0 Å². The number of nitriles is 1. The summed E-state index contributed by atoms with van der Waals surface area (Å²) < 4.78 is 0. The minimum absolute atomic E-state index is 0.0563. The second-order valence-corrected chi connectivity index (χ2v) is 5.16. The molecule has 0 aliphatic rings. The molecule has 0 fully saturated rings. The Hall–Kier alpha value is -3.20. The molecule has 0 radical (unpaired) electrons. The Morgan fingerprint density at radius 3 is 2.65 bits per heavy atom. The Bertz CT molecular complexity index is 809. The molecule has 0 heterocycles. The monoisotopic (exact) mass is 309 g/mol. The van der Waals surface area contributed by atoms with Gasteiger partial charge in [0.1, 0.15) is 5.56 Å². The van der Waals surface area contributed by atoms with Gasteiger partial charge >= 0.3 is 0 Å². The number of aryl methyl sites for hydroxylation is 1. The fourth-order valence-electron chi connectivity index (χ4n) is 2.33. The molecule has 23 heavy (non-hydrogen) atoms. The topological polar surface area (TPSA) is 96.0 Å². The average Bonchev–Trinajstić information content (AvgIpc) is 2.54. The molecule has 0 aliphatic heterocycles. The number of benzene rings is 2. The molecule has 0 aromatic heterocycles. The number of carbonyl (C=O) groups is 1. The summed E-state index contributed by atoms with van der Waals surface area (Å²) in [6.07, 6.45) is 0. The summed E-state index contributed by atoms with van der Waals surface area (Å²) >= 11 is 0. The first-order chi connectivity index (χ1) is 10.9. The standard InChI is InChI=1S/C17H15N3O3/c1-11-5-3-8-15(20(22)23)16(11)17(21)19-12(2)14-7-4-6-13(9-14)10-18/h3-9,12H,1-2H3,(H,19,21). The van der Waals surface area contributed by atoms with Gasteiger partial charge in [-0.05, 0) is 37.1 Å². The van der Waals surface area contributed by atoms with Crippen LogP contribution in [0.15, 0.2) is 42.5 Å². The fraction of sp³-hybridized carbons (Fsp3) is 0.176. The van der Waals surface area contributed by atoms with Gasteiger partial charge in [0.25, 0.3) is 11.6 Å². The van der Waals surface area contributed by atoms with Crippen LogP contribution in [0.25, 0.3) is 0 Å². The van der Waals surface area contributed by atoms with E-state index in [4.69, 9.17) is 5.26 Å². The molecule has 0 saturated heterocycles. The average molecular weight is 309 g/mol. The number of nitrogens with one attached hydrogen (secondary N) is 1. The number of carbonyl (C=O) groups excluding carboxylic acids is 1. The van der Waals surface area contributed by atoms with Gasteiger partial charge in [-0.3, -0.25) is 14.9 Å². The molecule has 0 saturated carbocycles.